The van der Waals surface area contributed by atoms with Crippen LogP contribution in [0.1, 0.15) is 148 Å². The minimum atomic E-state index is -0.132. The number of aryl methyl sites for hydroxylation is 1. The lowest BCUT2D eigenvalue weighted by molar-refractivity contribution is -0.145. The summed E-state index contributed by atoms with van der Waals surface area (Å²) in [5.41, 5.74) is 1.38. The Balaban J connectivity index is 1.65. The molecule has 0 unspecified atom stereocenters. The summed E-state index contributed by atoms with van der Waals surface area (Å²) in [6.45, 7) is 16.2. The maximum Gasteiger partial charge on any atom is 0.305 e. The molecule has 68 heavy (non-hydrogen) atoms. The summed E-state index contributed by atoms with van der Waals surface area (Å²) in [5, 5.41) is 0. The summed E-state index contributed by atoms with van der Waals surface area (Å²) in [4.78, 5) is 11.9. The lowest BCUT2D eigenvalue weighted by atomic mass is 10.0. The van der Waals surface area contributed by atoms with Gasteiger partial charge in [0.15, 0.2) is 0 Å². The van der Waals surface area contributed by atoms with Crippen LogP contribution in [0.2, 0.25) is 0 Å². The van der Waals surface area contributed by atoms with Crippen molar-refractivity contribution in [2.45, 2.75) is 149 Å². The van der Waals surface area contributed by atoms with Gasteiger partial charge in [0.2, 0.25) is 0 Å². The molecule has 0 atom stereocenters. The molecule has 1 aromatic carbocycles. The molecular formula is C54H100O14. The molecule has 0 heterocycles. The quantitative estimate of drug-likeness (QED) is 0.0452. The van der Waals surface area contributed by atoms with E-state index in [0.717, 1.165) is 25.0 Å². The predicted molar refractivity (Wildman–Crippen MR) is 269 cm³/mol. The van der Waals surface area contributed by atoms with E-state index in [1.54, 1.807) is 0 Å². The molecule has 0 aliphatic carbocycles. The molecule has 0 bridgehead atoms. The first kappa shape index (κ1) is 64.1. The van der Waals surface area contributed by atoms with Crippen LogP contribution in [0.4, 0.5) is 0 Å². The summed E-state index contributed by atoms with van der Waals surface area (Å²) < 4.78 is 71.9. The van der Waals surface area contributed by atoms with E-state index in [-0.39, 0.29) is 12.6 Å². The fraction of sp³-hybridized carbons (Fsp3) is 0.870. The van der Waals surface area contributed by atoms with E-state index in [2.05, 4.69) is 38.1 Å². The maximum absolute atomic E-state index is 11.9. The van der Waals surface area contributed by atoms with Crippen molar-refractivity contribution in [1.29, 1.82) is 0 Å². The molecule has 1 aromatic rings. The second kappa shape index (κ2) is 56.0. The highest BCUT2D eigenvalue weighted by molar-refractivity contribution is 5.69. The van der Waals surface area contributed by atoms with Gasteiger partial charge < -0.3 is 61.6 Å². The molecule has 1 rings (SSSR count). The van der Waals surface area contributed by atoms with Crippen LogP contribution >= 0.6 is 0 Å². The van der Waals surface area contributed by atoms with E-state index in [1.165, 1.54) is 115 Å². The predicted octanol–water partition coefficient (Wildman–Crippen LogP) is 10.2. The number of carbonyl (C=O) groups is 1. The number of benzene rings is 1. The van der Waals surface area contributed by atoms with Gasteiger partial charge >= 0.3 is 5.97 Å². The molecule has 0 aliphatic rings. The Kier molecular flexibility index (Phi) is 52.7. The Labute approximate surface area is 414 Å². The van der Waals surface area contributed by atoms with Crippen LogP contribution in [-0.2, 0) is 68.1 Å². The fourth-order valence-electron chi connectivity index (χ4n) is 6.96. The van der Waals surface area contributed by atoms with Crippen molar-refractivity contribution in [2.75, 3.05) is 159 Å². The third-order valence-corrected chi connectivity index (χ3v) is 10.9. The van der Waals surface area contributed by atoms with Gasteiger partial charge in [-0.25, -0.2) is 0 Å². The average Bonchev–Trinajstić information content (AvgIpc) is 3.35. The smallest absolute Gasteiger partial charge is 0.305 e. The molecule has 0 saturated heterocycles. The summed E-state index contributed by atoms with van der Waals surface area (Å²) in [7, 11) is 0. The number of carbonyl (C=O) groups excluding carboxylic acids is 1. The SMILES string of the molecule is CCCCCCCCCCCCCCCC(=O)OCCOCCOCCOCCOCCOCCOCCOCCOCCOCCOCCOCCOc1ccc(CCCCCCCC)cc1. The molecule has 14 nitrogen and oxygen atoms in total. The Morgan fingerprint density at radius 1 is 0.309 bits per heavy atom. The lowest BCUT2D eigenvalue weighted by Gasteiger charge is -2.09. The Bertz CT molecular complexity index is 1110. The third kappa shape index (κ3) is 50.4. The van der Waals surface area contributed by atoms with Crippen LogP contribution in [0.25, 0.3) is 0 Å². The monoisotopic (exact) mass is 973 g/mol. The molecule has 0 aromatic heterocycles. The zero-order valence-corrected chi connectivity index (χ0v) is 43.3. The van der Waals surface area contributed by atoms with Gasteiger partial charge in [-0.1, -0.05) is 135 Å². The number of ether oxygens (including phenoxy) is 13. The number of rotatable bonds is 58. The summed E-state index contributed by atoms with van der Waals surface area (Å²) >= 11 is 0. The molecule has 0 N–H and O–H groups in total. The number of hydrogen-bond donors (Lipinski definition) is 0. The van der Waals surface area contributed by atoms with Gasteiger partial charge in [-0.2, -0.15) is 0 Å². The van der Waals surface area contributed by atoms with Crippen LogP contribution in [0.15, 0.2) is 24.3 Å². The van der Waals surface area contributed by atoms with E-state index in [1.807, 2.05) is 0 Å². The first-order chi connectivity index (χ1) is 33.8. The van der Waals surface area contributed by atoms with Crippen LogP contribution in [-0.4, -0.2) is 165 Å². The van der Waals surface area contributed by atoms with Crippen LogP contribution in [0.5, 0.6) is 5.75 Å². The zero-order chi connectivity index (χ0) is 48.6. The molecule has 0 spiro atoms. The molecule has 0 fully saturated rings. The molecule has 0 radical (unpaired) electrons. The van der Waals surface area contributed by atoms with Gasteiger partial charge in [0.1, 0.15) is 19.0 Å². The summed E-state index contributed by atoms with van der Waals surface area (Å²) in [6, 6.07) is 8.44. The highest BCUT2D eigenvalue weighted by Crippen LogP contribution is 2.16. The lowest BCUT2D eigenvalue weighted by Crippen LogP contribution is -2.16. The Hall–Kier alpha value is -1.95. The zero-order valence-electron chi connectivity index (χ0n) is 43.3. The minimum absolute atomic E-state index is 0.132. The van der Waals surface area contributed by atoms with Gasteiger partial charge in [-0.05, 0) is 37.0 Å². The van der Waals surface area contributed by atoms with Gasteiger partial charge in [-0.3, -0.25) is 4.79 Å². The molecule has 14 heteroatoms. The molecule has 0 saturated carbocycles. The van der Waals surface area contributed by atoms with E-state index in [9.17, 15) is 4.79 Å². The summed E-state index contributed by atoms with van der Waals surface area (Å²) in [6.07, 6.45) is 26.4. The standard InChI is InChI=1S/C54H100O14/c1-3-5-7-9-11-12-13-14-15-16-17-19-21-23-54(55)68-51-49-66-47-45-64-43-41-62-39-37-60-35-33-58-31-29-56-28-30-57-32-34-59-36-38-61-40-42-63-44-46-65-48-50-67-53-26-24-52(25-27-53)22-20-18-10-8-6-4-2/h24-27H,3-23,28-51H2,1-2H3. The van der Waals surface area contributed by atoms with Crippen molar-refractivity contribution in [3.63, 3.8) is 0 Å². The van der Waals surface area contributed by atoms with Crippen molar-refractivity contribution in [2.24, 2.45) is 0 Å². The topological polar surface area (TPSA) is 137 Å². The normalized spacial score (nSPS) is 11.5. The van der Waals surface area contributed by atoms with Crippen molar-refractivity contribution in [1.82, 2.24) is 0 Å². The molecule has 0 amide bonds. The second-order valence-corrected chi connectivity index (χ2v) is 17.0. The Morgan fingerprint density at radius 2 is 0.574 bits per heavy atom. The third-order valence-electron chi connectivity index (χ3n) is 10.9. The Morgan fingerprint density at radius 3 is 0.897 bits per heavy atom. The highest BCUT2D eigenvalue weighted by Gasteiger charge is 2.04. The van der Waals surface area contributed by atoms with Gasteiger partial charge in [0, 0.05) is 6.42 Å². The van der Waals surface area contributed by atoms with Gasteiger partial charge in [0.05, 0.1) is 145 Å². The molecule has 400 valence electrons. The van der Waals surface area contributed by atoms with Crippen molar-refractivity contribution in [3.8, 4) is 5.75 Å². The van der Waals surface area contributed by atoms with Crippen molar-refractivity contribution < 1.29 is 66.4 Å². The van der Waals surface area contributed by atoms with Crippen LogP contribution < -0.4 is 4.74 Å². The first-order valence-corrected chi connectivity index (χ1v) is 27.0. The second-order valence-electron chi connectivity index (χ2n) is 17.0. The number of esters is 1. The van der Waals surface area contributed by atoms with Crippen molar-refractivity contribution in [3.05, 3.63) is 29.8 Å². The maximum atomic E-state index is 11.9. The van der Waals surface area contributed by atoms with Crippen LogP contribution in [0.3, 0.4) is 0 Å². The highest BCUT2D eigenvalue weighted by atomic mass is 16.6. The van der Waals surface area contributed by atoms with Crippen LogP contribution in [0, 0.1) is 0 Å². The van der Waals surface area contributed by atoms with E-state index in [0.29, 0.717) is 158 Å². The fourth-order valence-corrected chi connectivity index (χ4v) is 6.96. The van der Waals surface area contributed by atoms with E-state index >= 15 is 0 Å². The molecular weight excluding hydrogens is 873 g/mol. The van der Waals surface area contributed by atoms with E-state index < -0.39 is 0 Å². The van der Waals surface area contributed by atoms with Gasteiger partial charge in [-0.15, -0.1) is 0 Å². The van der Waals surface area contributed by atoms with E-state index in [4.69, 9.17) is 61.6 Å². The first-order valence-electron chi connectivity index (χ1n) is 27.0. The minimum Gasteiger partial charge on any atom is -0.491 e. The average molecular weight is 973 g/mol. The molecule has 0 aliphatic heterocycles. The largest absolute Gasteiger partial charge is 0.491 e. The van der Waals surface area contributed by atoms with Crippen molar-refractivity contribution >= 4 is 5.97 Å². The number of unbranched alkanes of at least 4 members (excludes halogenated alkanes) is 17. The number of hydrogen-bond acceptors (Lipinski definition) is 14. The van der Waals surface area contributed by atoms with Gasteiger partial charge in [0.25, 0.3) is 0 Å². The summed E-state index contributed by atoms with van der Waals surface area (Å²) in [5.74, 6) is 0.750.